The second-order valence-corrected chi connectivity index (χ2v) is 8.02. The van der Waals surface area contributed by atoms with Gasteiger partial charge in [-0.1, -0.05) is 30.3 Å². The first kappa shape index (κ1) is 23.5. The number of hydrogen-bond acceptors (Lipinski definition) is 6. The van der Waals surface area contributed by atoms with Crippen LogP contribution in [0.5, 0.6) is 0 Å². The van der Waals surface area contributed by atoms with Gasteiger partial charge in [0.05, 0.1) is 11.3 Å². The number of fused-ring (bicyclic) bond motifs is 1. The molecule has 2 heterocycles. The van der Waals surface area contributed by atoms with Crippen LogP contribution in [-0.4, -0.2) is 20.7 Å². The van der Waals surface area contributed by atoms with E-state index in [1.54, 1.807) is 0 Å². The molecule has 0 bridgehead atoms. The molecule has 3 N–H and O–H groups in total. The highest BCUT2D eigenvalue weighted by atomic mass is 32.2. The van der Waals surface area contributed by atoms with Crippen LogP contribution < -0.4 is 16.0 Å². The molecule has 0 radical (unpaired) electrons. The molecule has 34 heavy (non-hydrogen) atoms. The number of nitrogen functional groups attached to an aromatic ring is 1. The number of halogens is 5. The SMILES string of the molecule is Nc1ncc2cc(-c3ccc(NSCc4ccccc4)c(F)c3F)c(=O)n(CC(F)(F)F)c2n1. The summed E-state index contributed by atoms with van der Waals surface area (Å²) in [5.74, 6) is -2.51. The van der Waals surface area contributed by atoms with Crippen LogP contribution in [0.1, 0.15) is 5.56 Å². The van der Waals surface area contributed by atoms with Crippen molar-refractivity contribution < 1.29 is 22.0 Å². The van der Waals surface area contributed by atoms with Crippen LogP contribution >= 0.6 is 11.9 Å². The Morgan fingerprint density at radius 1 is 1.03 bits per heavy atom. The summed E-state index contributed by atoms with van der Waals surface area (Å²) in [7, 11) is 0. The zero-order valence-corrected chi connectivity index (χ0v) is 18.1. The van der Waals surface area contributed by atoms with Crippen molar-refractivity contribution >= 4 is 34.6 Å². The van der Waals surface area contributed by atoms with E-state index in [4.69, 9.17) is 5.73 Å². The number of nitrogens with two attached hydrogens (primary N) is 1. The lowest BCUT2D eigenvalue weighted by molar-refractivity contribution is -0.140. The summed E-state index contributed by atoms with van der Waals surface area (Å²) < 4.78 is 72.2. The van der Waals surface area contributed by atoms with Crippen LogP contribution in [0.2, 0.25) is 0 Å². The maximum absolute atomic E-state index is 15.0. The Kier molecular flexibility index (Phi) is 6.42. The van der Waals surface area contributed by atoms with Crippen LogP contribution in [-0.2, 0) is 12.3 Å². The maximum atomic E-state index is 15.0. The minimum atomic E-state index is -4.78. The van der Waals surface area contributed by atoms with Crippen LogP contribution in [0.4, 0.5) is 33.6 Å². The van der Waals surface area contributed by atoms with E-state index >= 15 is 0 Å². The number of rotatable bonds is 6. The number of alkyl halides is 3. The molecule has 0 aliphatic heterocycles. The molecule has 0 aliphatic rings. The molecule has 4 rings (SSSR count). The first-order valence-corrected chi connectivity index (χ1v) is 10.8. The molecule has 0 saturated carbocycles. The molecule has 0 amide bonds. The highest BCUT2D eigenvalue weighted by Crippen LogP contribution is 2.30. The van der Waals surface area contributed by atoms with Gasteiger partial charge in [0.1, 0.15) is 12.2 Å². The second-order valence-electron chi connectivity index (χ2n) is 7.24. The van der Waals surface area contributed by atoms with Crippen molar-refractivity contribution in [1.82, 2.24) is 14.5 Å². The molecular weight excluding hydrogens is 477 g/mol. The molecule has 0 spiro atoms. The van der Waals surface area contributed by atoms with Crippen molar-refractivity contribution in [3.63, 3.8) is 0 Å². The number of benzene rings is 2. The van der Waals surface area contributed by atoms with Gasteiger partial charge >= 0.3 is 6.18 Å². The van der Waals surface area contributed by atoms with E-state index in [2.05, 4.69) is 14.7 Å². The van der Waals surface area contributed by atoms with E-state index in [1.165, 1.54) is 6.07 Å². The Morgan fingerprint density at radius 2 is 1.76 bits per heavy atom. The fourth-order valence-corrected chi connectivity index (χ4v) is 4.04. The lowest BCUT2D eigenvalue weighted by Crippen LogP contribution is -2.30. The number of hydrogen-bond donors (Lipinski definition) is 2. The predicted molar refractivity (Wildman–Crippen MR) is 121 cm³/mol. The van der Waals surface area contributed by atoms with Crippen molar-refractivity contribution in [1.29, 1.82) is 0 Å². The number of aromatic nitrogens is 3. The Labute approximate surface area is 193 Å². The smallest absolute Gasteiger partial charge is 0.368 e. The summed E-state index contributed by atoms with van der Waals surface area (Å²) in [5.41, 5.74) is 3.73. The monoisotopic (exact) mass is 493 g/mol. The fraction of sp³-hybridized carbons (Fsp3) is 0.136. The van der Waals surface area contributed by atoms with Gasteiger partial charge in [-0.15, -0.1) is 0 Å². The number of nitrogens with one attached hydrogen (secondary N) is 1. The lowest BCUT2D eigenvalue weighted by Gasteiger charge is -2.15. The van der Waals surface area contributed by atoms with E-state index in [9.17, 15) is 26.7 Å². The predicted octanol–water partition coefficient (Wildman–Crippen LogP) is 5.14. The Hall–Kier alpha value is -3.67. The van der Waals surface area contributed by atoms with Crippen LogP contribution in [0.15, 0.2) is 59.5 Å². The molecule has 6 nitrogen and oxygen atoms in total. The van der Waals surface area contributed by atoms with E-state index in [-0.39, 0.29) is 22.7 Å². The minimum absolute atomic E-state index is 0.00785. The van der Waals surface area contributed by atoms with Gasteiger partial charge in [-0.25, -0.2) is 13.8 Å². The highest BCUT2D eigenvalue weighted by Gasteiger charge is 2.31. The molecule has 12 heteroatoms. The standard InChI is InChI=1S/C22H16F5N5OS/c23-17-14(6-7-16(18(17)24)31-34-10-12-4-2-1-3-5-12)15-8-13-9-29-21(28)30-19(13)32(20(15)33)11-22(25,26)27/h1-9,31H,10-11H2,(H2,28,29,30). The molecule has 176 valence electrons. The Balaban J connectivity index is 1.72. The molecule has 4 aromatic rings. The summed E-state index contributed by atoms with van der Waals surface area (Å²) in [6.45, 7) is -1.69. The van der Waals surface area contributed by atoms with Gasteiger partial charge in [0.25, 0.3) is 5.56 Å². The van der Waals surface area contributed by atoms with Crippen molar-refractivity contribution in [2.24, 2.45) is 0 Å². The Bertz CT molecular complexity index is 1410. The topological polar surface area (TPSA) is 85.8 Å². The van der Waals surface area contributed by atoms with E-state index < -0.39 is 41.0 Å². The van der Waals surface area contributed by atoms with Crippen molar-refractivity contribution in [3.05, 3.63) is 82.3 Å². The van der Waals surface area contributed by atoms with E-state index in [0.717, 1.165) is 35.8 Å². The number of pyridine rings is 1. The van der Waals surface area contributed by atoms with Gasteiger partial charge in [0.15, 0.2) is 11.6 Å². The first-order valence-electron chi connectivity index (χ1n) is 9.77. The molecule has 0 atom stereocenters. The largest absolute Gasteiger partial charge is 0.406 e. The average molecular weight is 493 g/mol. The van der Waals surface area contributed by atoms with Gasteiger partial charge < -0.3 is 10.5 Å². The lowest BCUT2D eigenvalue weighted by atomic mass is 10.0. The molecular formula is C22H16F5N5OS. The number of anilines is 2. The van der Waals surface area contributed by atoms with Crippen molar-refractivity contribution in [3.8, 4) is 11.1 Å². The molecule has 0 saturated heterocycles. The van der Waals surface area contributed by atoms with Crippen molar-refractivity contribution in [2.75, 3.05) is 10.5 Å². The third-order valence-electron chi connectivity index (χ3n) is 4.82. The first-order chi connectivity index (χ1) is 16.1. The number of nitrogens with zero attached hydrogens (tertiary/aromatic N) is 3. The second kappa shape index (κ2) is 9.29. The van der Waals surface area contributed by atoms with Gasteiger partial charge in [-0.3, -0.25) is 9.36 Å². The van der Waals surface area contributed by atoms with Gasteiger partial charge in [-0.2, -0.15) is 18.2 Å². The van der Waals surface area contributed by atoms with Crippen molar-refractivity contribution in [2.45, 2.75) is 18.5 Å². The Morgan fingerprint density at radius 3 is 2.47 bits per heavy atom. The fourth-order valence-electron chi connectivity index (χ4n) is 3.30. The quantitative estimate of drug-likeness (QED) is 0.286. The zero-order valence-electron chi connectivity index (χ0n) is 17.2. The summed E-state index contributed by atoms with van der Waals surface area (Å²) in [5, 5.41) is 0.00785. The summed E-state index contributed by atoms with van der Waals surface area (Å²) in [6, 6.07) is 12.7. The third kappa shape index (κ3) is 4.96. The maximum Gasteiger partial charge on any atom is 0.406 e. The summed E-state index contributed by atoms with van der Waals surface area (Å²) >= 11 is 1.12. The van der Waals surface area contributed by atoms with Crippen LogP contribution in [0, 0.1) is 11.6 Å². The third-order valence-corrected chi connectivity index (χ3v) is 5.66. The average Bonchev–Trinajstić information content (AvgIpc) is 2.79. The molecule has 0 unspecified atom stereocenters. The van der Waals surface area contributed by atoms with E-state index in [1.807, 2.05) is 30.3 Å². The molecule has 2 aromatic carbocycles. The van der Waals surface area contributed by atoms with Gasteiger partial charge in [-0.05, 0) is 35.7 Å². The minimum Gasteiger partial charge on any atom is -0.368 e. The van der Waals surface area contributed by atoms with E-state index in [0.29, 0.717) is 10.3 Å². The molecule has 2 aromatic heterocycles. The van der Waals surface area contributed by atoms with Crippen LogP contribution in [0.25, 0.3) is 22.2 Å². The highest BCUT2D eigenvalue weighted by molar-refractivity contribution is 7.99. The van der Waals surface area contributed by atoms with Gasteiger partial charge in [0.2, 0.25) is 5.95 Å². The zero-order chi connectivity index (χ0) is 24.5. The molecule has 0 fully saturated rings. The molecule has 0 aliphatic carbocycles. The summed E-state index contributed by atoms with van der Waals surface area (Å²) in [6.07, 6.45) is -3.67. The van der Waals surface area contributed by atoms with Crippen LogP contribution in [0.3, 0.4) is 0 Å². The normalized spacial score (nSPS) is 11.7. The van der Waals surface area contributed by atoms with Gasteiger partial charge in [0, 0.05) is 22.9 Å². The summed E-state index contributed by atoms with van der Waals surface area (Å²) in [4.78, 5) is 20.3.